The summed E-state index contributed by atoms with van der Waals surface area (Å²) < 4.78 is 0. The molecule has 0 radical (unpaired) electrons. The first-order chi connectivity index (χ1) is 12.2. The summed E-state index contributed by atoms with van der Waals surface area (Å²) in [4.78, 5) is 13.5. The van der Waals surface area contributed by atoms with E-state index in [4.69, 9.17) is 11.6 Å². The molecule has 4 heteroatoms. The van der Waals surface area contributed by atoms with Crippen LogP contribution >= 0.6 is 23.4 Å². The zero-order chi connectivity index (χ0) is 17.5. The minimum atomic E-state index is -0.0952. The lowest BCUT2D eigenvalue weighted by molar-refractivity contribution is 0.0951. The number of hydrogen-bond donors (Lipinski definition) is 1. The van der Waals surface area contributed by atoms with E-state index >= 15 is 0 Å². The van der Waals surface area contributed by atoms with Crippen LogP contribution in [0.2, 0.25) is 5.02 Å². The zero-order valence-electron chi connectivity index (χ0n) is 13.6. The van der Waals surface area contributed by atoms with Crippen LogP contribution < -0.4 is 5.32 Å². The van der Waals surface area contributed by atoms with Crippen molar-refractivity contribution in [2.24, 2.45) is 0 Å². The van der Waals surface area contributed by atoms with Gasteiger partial charge in [0.1, 0.15) is 0 Å². The Hall–Kier alpha value is -2.23. The number of benzene rings is 3. The summed E-state index contributed by atoms with van der Waals surface area (Å²) >= 11 is 7.89. The van der Waals surface area contributed by atoms with Crippen molar-refractivity contribution >= 4 is 29.3 Å². The van der Waals surface area contributed by atoms with Gasteiger partial charge in [0.2, 0.25) is 0 Å². The molecule has 0 saturated heterocycles. The molecule has 0 saturated carbocycles. The first kappa shape index (κ1) is 17.6. The van der Waals surface area contributed by atoms with E-state index in [1.165, 1.54) is 10.5 Å². The lowest BCUT2D eigenvalue weighted by Gasteiger charge is -2.08. The normalized spacial score (nSPS) is 10.4. The highest BCUT2D eigenvalue weighted by molar-refractivity contribution is 7.98. The fraction of sp³-hybridized carbons (Fsp3) is 0.0952. The molecule has 3 aromatic carbocycles. The molecule has 0 aliphatic rings. The molecule has 0 fully saturated rings. The molecule has 0 unspecified atom stereocenters. The maximum absolute atomic E-state index is 12.3. The lowest BCUT2D eigenvalue weighted by Crippen LogP contribution is -2.22. The van der Waals surface area contributed by atoms with Crippen LogP contribution in [0.15, 0.2) is 83.8 Å². The second kappa shape index (κ2) is 8.75. The van der Waals surface area contributed by atoms with Crippen LogP contribution in [0.25, 0.3) is 0 Å². The van der Waals surface area contributed by atoms with E-state index in [9.17, 15) is 4.79 Å². The fourth-order valence-electron chi connectivity index (χ4n) is 2.36. The van der Waals surface area contributed by atoms with Gasteiger partial charge in [-0.15, -0.1) is 11.8 Å². The van der Waals surface area contributed by atoms with Gasteiger partial charge in [-0.1, -0.05) is 60.1 Å². The molecule has 3 aromatic rings. The van der Waals surface area contributed by atoms with Gasteiger partial charge >= 0.3 is 0 Å². The number of nitrogens with one attached hydrogen (secondary N) is 1. The molecule has 0 aliphatic carbocycles. The van der Waals surface area contributed by atoms with Crippen LogP contribution in [0.5, 0.6) is 0 Å². The number of carbonyl (C=O) groups excluding carboxylic acids is 1. The summed E-state index contributed by atoms with van der Waals surface area (Å²) in [5.74, 6) is 0.785. The van der Waals surface area contributed by atoms with E-state index in [1.807, 2.05) is 66.7 Å². The molecular formula is C21H18ClNOS. The Labute approximate surface area is 157 Å². The van der Waals surface area contributed by atoms with E-state index in [2.05, 4.69) is 17.4 Å². The van der Waals surface area contributed by atoms with Crippen LogP contribution in [-0.4, -0.2) is 5.91 Å². The Morgan fingerprint density at radius 3 is 2.28 bits per heavy atom. The van der Waals surface area contributed by atoms with Crippen molar-refractivity contribution < 1.29 is 4.79 Å². The number of thioether (sulfide) groups is 1. The van der Waals surface area contributed by atoms with Gasteiger partial charge < -0.3 is 5.32 Å². The monoisotopic (exact) mass is 367 g/mol. The maximum Gasteiger partial charge on any atom is 0.251 e. The van der Waals surface area contributed by atoms with Gasteiger partial charge in [0, 0.05) is 27.8 Å². The molecule has 1 N–H and O–H groups in total. The molecule has 2 nitrogen and oxygen atoms in total. The summed E-state index contributed by atoms with van der Waals surface area (Å²) in [6.45, 7) is 0.421. The van der Waals surface area contributed by atoms with Gasteiger partial charge in [-0.3, -0.25) is 4.79 Å². The molecule has 0 spiro atoms. The first-order valence-electron chi connectivity index (χ1n) is 8.01. The van der Waals surface area contributed by atoms with Crippen LogP contribution in [0.3, 0.4) is 0 Å². The molecule has 1 amide bonds. The second-order valence-corrected chi connectivity index (χ2v) is 7.03. The zero-order valence-corrected chi connectivity index (χ0v) is 15.2. The van der Waals surface area contributed by atoms with Gasteiger partial charge in [0.25, 0.3) is 5.91 Å². The smallest absolute Gasteiger partial charge is 0.251 e. The van der Waals surface area contributed by atoms with E-state index in [-0.39, 0.29) is 5.91 Å². The molecule has 0 heterocycles. The Morgan fingerprint density at radius 1 is 0.880 bits per heavy atom. The lowest BCUT2D eigenvalue weighted by atomic mass is 10.1. The Kier molecular flexibility index (Phi) is 6.15. The van der Waals surface area contributed by atoms with E-state index in [1.54, 1.807) is 11.8 Å². The Morgan fingerprint density at radius 2 is 1.56 bits per heavy atom. The highest BCUT2D eigenvalue weighted by atomic mass is 35.5. The Bertz CT molecular complexity index is 834. The van der Waals surface area contributed by atoms with E-state index < -0.39 is 0 Å². The van der Waals surface area contributed by atoms with Gasteiger partial charge in [-0.05, 0) is 41.5 Å². The summed E-state index contributed by atoms with van der Waals surface area (Å²) in [5.41, 5.74) is 2.76. The van der Waals surface area contributed by atoms with E-state index in [0.29, 0.717) is 17.1 Å². The number of rotatable bonds is 6. The van der Waals surface area contributed by atoms with Crippen molar-refractivity contribution in [2.45, 2.75) is 17.2 Å². The molecule has 25 heavy (non-hydrogen) atoms. The van der Waals surface area contributed by atoms with Crippen LogP contribution in [0.1, 0.15) is 21.5 Å². The van der Waals surface area contributed by atoms with Crippen molar-refractivity contribution in [3.63, 3.8) is 0 Å². The molecule has 0 aliphatic heterocycles. The van der Waals surface area contributed by atoms with Gasteiger partial charge in [0.05, 0.1) is 0 Å². The highest BCUT2D eigenvalue weighted by Crippen LogP contribution is 2.22. The molecule has 0 aromatic heterocycles. The van der Waals surface area contributed by atoms with Crippen LogP contribution in [-0.2, 0) is 12.3 Å². The van der Waals surface area contributed by atoms with Crippen molar-refractivity contribution in [3.05, 3.63) is 101 Å². The molecule has 126 valence electrons. The number of amides is 1. The maximum atomic E-state index is 12.3. The van der Waals surface area contributed by atoms with Crippen molar-refractivity contribution in [2.75, 3.05) is 0 Å². The quantitative estimate of drug-likeness (QED) is 0.577. The number of halogens is 1. The topological polar surface area (TPSA) is 29.1 Å². The molecule has 0 atom stereocenters. The summed E-state index contributed by atoms with van der Waals surface area (Å²) in [6, 6.07) is 25.5. The van der Waals surface area contributed by atoms with Crippen LogP contribution in [0, 0.1) is 0 Å². The van der Waals surface area contributed by atoms with Crippen molar-refractivity contribution in [1.82, 2.24) is 5.32 Å². The molecule has 0 bridgehead atoms. The fourth-order valence-corrected chi connectivity index (χ4v) is 3.43. The summed E-state index contributed by atoms with van der Waals surface area (Å²) in [6.07, 6.45) is 0. The molecular weight excluding hydrogens is 350 g/mol. The average molecular weight is 368 g/mol. The third kappa shape index (κ3) is 5.12. The van der Waals surface area contributed by atoms with Gasteiger partial charge in [0.15, 0.2) is 0 Å². The molecule has 3 rings (SSSR count). The Balaban J connectivity index is 1.54. The van der Waals surface area contributed by atoms with Crippen molar-refractivity contribution in [3.8, 4) is 0 Å². The van der Waals surface area contributed by atoms with Gasteiger partial charge in [-0.25, -0.2) is 0 Å². The first-order valence-corrected chi connectivity index (χ1v) is 9.37. The predicted octanol–water partition coefficient (Wildman–Crippen LogP) is 5.56. The average Bonchev–Trinajstić information content (AvgIpc) is 2.67. The number of carbonyl (C=O) groups is 1. The van der Waals surface area contributed by atoms with Crippen molar-refractivity contribution in [1.29, 1.82) is 0 Å². The van der Waals surface area contributed by atoms with Crippen LogP contribution in [0.4, 0.5) is 0 Å². The largest absolute Gasteiger partial charge is 0.348 e. The minimum Gasteiger partial charge on any atom is -0.348 e. The van der Waals surface area contributed by atoms with E-state index in [0.717, 1.165) is 11.3 Å². The SMILES string of the molecule is O=C(NCc1ccccc1Cl)c1ccc(CSc2ccccc2)cc1. The predicted molar refractivity (Wildman–Crippen MR) is 105 cm³/mol. The summed E-state index contributed by atoms with van der Waals surface area (Å²) in [5, 5.41) is 3.57. The second-order valence-electron chi connectivity index (χ2n) is 5.57. The number of hydrogen-bond acceptors (Lipinski definition) is 2. The highest BCUT2D eigenvalue weighted by Gasteiger charge is 2.07. The summed E-state index contributed by atoms with van der Waals surface area (Å²) in [7, 11) is 0. The minimum absolute atomic E-state index is 0.0952. The standard InChI is InChI=1S/C21H18ClNOS/c22-20-9-5-4-6-18(20)14-23-21(24)17-12-10-16(11-13-17)15-25-19-7-2-1-3-8-19/h1-13H,14-15H2,(H,23,24). The van der Waals surface area contributed by atoms with Gasteiger partial charge in [-0.2, -0.15) is 0 Å². The third-order valence-corrected chi connectivity index (χ3v) is 5.21. The third-order valence-electron chi connectivity index (χ3n) is 3.76.